The van der Waals surface area contributed by atoms with E-state index in [1.165, 1.54) is 18.2 Å². The predicted molar refractivity (Wildman–Crippen MR) is 97.6 cm³/mol. The summed E-state index contributed by atoms with van der Waals surface area (Å²) in [4.78, 5) is 24.0. The summed E-state index contributed by atoms with van der Waals surface area (Å²) in [5.41, 5.74) is 0.205. The summed E-state index contributed by atoms with van der Waals surface area (Å²) in [5, 5.41) is 8.00. The number of carbonyl (C=O) groups is 2. The fourth-order valence-corrected chi connectivity index (χ4v) is 2.28. The molecule has 0 saturated heterocycles. The molecule has 0 heterocycles. The van der Waals surface area contributed by atoms with Gasteiger partial charge in [-0.25, -0.2) is 0 Å². The summed E-state index contributed by atoms with van der Waals surface area (Å²) in [6, 6.07) is 11.0. The lowest BCUT2D eigenvalue weighted by Crippen LogP contribution is -2.30. The van der Waals surface area contributed by atoms with Crippen LogP contribution in [0, 0.1) is 0 Å². The second kappa shape index (κ2) is 8.57. The molecule has 0 aromatic heterocycles. The number of carbonyl (C=O) groups excluding carboxylic acids is 2. The first-order valence-corrected chi connectivity index (χ1v) is 8.27. The largest absolute Gasteiger partial charge is 0.416 e. The third-order valence-electron chi connectivity index (χ3n) is 3.47. The highest BCUT2D eigenvalue weighted by Crippen LogP contribution is 2.30. The average molecular weight is 379 g/mol. The summed E-state index contributed by atoms with van der Waals surface area (Å²) in [6.07, 6.45) is -4.45. The van der Waals surface area contributed by atoms with E-state index in [0.717, 1.165) is 12.1 Å². The van der Waals surface area contributed by atoms with Gasteiger partial charge in [0, 0.05) is 23.0 Å². The fourth-order valence-electron chi connectivity index (χ4n) is 2.28. The molecule has 2 amide bonds. The van der Waals surface area contributed by atoms with Crippen LogP contribution in [0.3, 0.4) is 0 Å². The van der Waals surface area contributed by atoms with Crippen LogP contribution in [-0.4, -0.2) is 24.4 Å². The number of hydrogen-bond donors (Lipinski definition) is 3. The van der Waals surface area contributed by atoms with Crippen molar-refractivity contribution in [2.24, 2.45) is 0 Å². The molecule has 8 heteroatoms. The summed E-state index contributed by atoms with van der Waals surface area (Å²) >= 11 is 0. The maximum absolute atomic E-state index is 12.7. The minimum atomic E-state index is -4.45. The van der Waals surface area contributed by atoms with Crippen LogP contribution in [-0.2, 0) is 11.0 Å². The number of benzene rings is 2. The van der Waals surface area contributed by atoms with E-state index in [1.54, 1.807) is 18.2 Å². The van der Waals surface area contributed by atoms with E-state index in [9.17, 15) is 22.8 Å². The quantitative estimate of drug-likeness (QED) is 0.713. The van der Waals surface area contributed by atoms with Crippen molar-refractivity contribution in [3.05, 3.63) is 59.7 Å². The summed E-state index contributed by atoms with van der Waals surface area (Å²) < 4.78 is 38.1. The molecule has 0 aliphatic rings. The molecule has 27 heavy (non-hydrogen) atoms. The fraction of sp³-hybridized carbons (Fsp3) is 0.263. The summed E-state index contributed by atoms with van der Waals surface area (Å²) in [6.45, 7) is 3.45. The lowest BCUT2D eigenvalue weighted by molar-refractivity contribution is -0.137. The van der Waals surface area contributed by atoms with Crippen molar-refractivity contribution in [3.63, 3.8) is 0 Å². The smallest absolute Gasteiger partial charge is 0.376 e. The third-order valence-corrected chi connectivity index (χ3v) is 3.47. The monoisotopic (exact) mass is 379 g/mol. The molecule has 0 aliphatic carbocycles. The van der Waals surface area contributed by atoms with E-state index in [1.807, 2.05) is 13.8 Å². The summed E-state index contributed by atoms with van der Waals surface area (Å²) in [5.74, 6) is -0.711. The van der Waals surface area contributed by atoms with Gasteiger partial charge in [-0.2, -0.15) is 13.2 Å². The van der Waals surface area contributed by atoms with Gasteiger partial charge < -0.3 is 16.0 Å². The highest BCUT2D eigenvalue weighted by atomic mass is 19.4. The Kier molecular flexibility index (Phi) is 6.44. The zero-order valence-electron chi connectivity index (χ0n) is 14.9. The van der Waals surface area contributed by atoms with Crippen LogP contribution < -0.4 is 16.0 Å². The van der Waals surface area contributed by atoms with Gasteiger partial charge >= 0.3 is 6.18 Å². The van der Waals surface area contributed by atoms with Crippen LogP contribution in [0.2, 0.25) is 0 Å². The Morgan fingerprint density at radius 3 is 2.33 bits per heavy atom. The first-order valence-electron chi connectivity index (χ1n) is 8.27. The van der Waals surface area contributed by atoms with Crippen LogP contribution in [0.1, 0.15) is 29.8 Å². The van der Waals surface area contributed by atoms with Crippen molar-refractivity contribution < 1.29 is 22.8 Å². The van der Waals surface area contributed by atoms with Gasteiger partial charge in [0.25, 0.3) is 5.91 Å². The van der Waals surface area contributed by atoms with Gasteiger partial charge in [-0.3, -0.25) is 9.59 Å². The Bertz CT molecular complexity index is 820. The van der Waals surface area contributed by atoms with Crippen LogP contribution in [0.15, 0.2) is 48.5 Å². The number of rotatable bonds is 6. The Hall–Kier alpha value is -3.03. The SMILES string of the molecule is CC(C)NC(=O)c1cccc(NC(=O)CNc2cccc(C(F)(F)F)c2)c1. The number of anilines is 2. The molecule has 0 atom stereocenters. The summed E-state index contributed by atoms with van der Waals surface area (Å²) in [7, 11) is 0. The van der Waals surface area contributed by atoms with Crippen molar-refractivity contribution in [2.45, 2.75) is 26.1 Å². The van der Waals surface area contributed by atoms with Gasteiger partial charge in [-0.05, 0) is 50.2 Å². The first-order chi connectivity index (χ1) is 12.6. The van der Waals surface area contributed by atoms with Gasteiger partial charge in [0.05, 0.1) is 12.1 Å². The number of hydrogen-bond acceptors (Lipinski definition) is 3. The number of alkyl halides is 3. The molecule has 0 radical (unpaired) electrons. The average Bonchev–Trinajstić information content (AvgIpc) is 2.59. The van der Waals surface area contributed by atoms with Gasteiger partial charge in [-0.15, -0.1) is 0 Å². The van der Waals surface area contributed by atoms with E-state index >= 15 is 0 Å². The van der Waals surface area contributed by atoms with Crippen molar-refractivity contribution >= 4 is 23.2 Å². The van der Waals surface area contributed by atoms with Crippen molar-refractivity contribution in [2.75, 3.05) is 17.2 Å². The Morgan fingerprint density at radius 2 is 1.67 bits per heavy atom. The van der Waals surface area contributed by atoms with E-state index in [-0.39, 0.29) is 24.2 Å². The van der Waals surface area contributed by atoms with Crippen molar-refractivity contribution in [3.8, 4) is 0 Å². The number of nitrogens with one attached hydrogen (secondary N) is 3. The Morgan fingerprint density at radius 1 is 1.00 bits per heavy atom. The molecule has 0 bridgehead atoms. The molecule has 2 rings (SSSR count). The molecule has 0 aliphatic heterocycles. The van der Waals surface area contributed by atoms with E-state index in [2.05, 4.69) is 16.0 Å². The molecule has 0 saturated carbocycles. The molecule has 0 unspecified atom stereocenters. The first kappa shape index (κ1) is 20.3. The normalized spacial score (nSPS) is 11.2. The van der Waals surface area contributed by atoms with E-state index in [4.69, 9.17) is 0 Å². The molecule has 0 fully saturated rings. The van der Waals surface area contributed by atoms with Crippen molar-refractivity contribution in [1.82, 2.24) is 5.32 Å². The van der Waals surface area contributed by atoms with Crippen LogP contribution in [0.4, 0.5) is 24.5 Å². The minimum absolute atomic E-state index is 0.0209. The number of amides is 2. The van der Waals surface area contributed by atoms with Gasteiger partial charge in [0.15, 0.2) is 0 Å². The second-order valence-electron chi connectivity index (χ2n) is 6.19. The van der Waals surface area contributed by atoms with Crippen molar-refractivity contribution in [1.29, 1.82) is 0 Å². The lowest BCUT2D eigenvalue weighted by atomic mass is 10.1. The van der Waals surface area contributed by atoms with Crippen LogP contribution >= 0.6 is 0 Å². The predicted octanol–water partition coefficient (Wildman–Crippen LogP) is 3.89. The topological polar surface area (TPSA) is 70.2 Å². The number of halogens is 3. The van der Waals surface area contributed by atoms with Crippen LogP contribution in [0.5, 0.6) is 0 Å². The molecule has 2 aromatic carbocycles. The lowest BCUT2D eigenvalue weighted by Gasteiger charge is -2.12. The zero-order valence-corrected chi connectivity index (χ0v) is 14.9. The molecule has 0 spiro atoms. The third kappa shape index (κ3) is 6.32. The highest BCUT2D eigenvalue weighted by molar-refractivity contribution is 5.98. The van der Waals surface area contributed by atoms with Crippen LogP contribution in [0.25, 0.3) is 0 Å². The molecule has 144 valence electrons. The molecule has 2 aromatic rings. The maximum Gasteiger partial charge on any atom is 0.416 e. The Labute approximate surface area is 155 Å². The van der Waals surface area contributed by atoms with Gasteiger partial charge in [0.2, 0.25) is 5.91 Å². The molecular weight excluding hydrogens is 359 g/mol. The highest BCUT2D eigenvalue weighted by Gasteiger charge is 2.30. The zero-order chi connectivity index (χ0) is 20.0. The maximum atomic E-state index is 12.7. The second-order valence-corrected chi connectivity index (χ2v) is 6.19. The molecule has 5 nitrogen and oxygen atoms in total. The molecular formula is C19H20F3N3O2. The minimum Gasteiger partial charge on any atom is -0.376 e. The molecule has 3 N–H and O–H groups in total. The standard InChI is InChI=1S/C19H20F3N3O2/c1-12(2)24-18(27)13-5-3-8-16(9-13)25-17(26)11-23-15-7-4-6-14(10-15)19(20,21)22/h3-10,12,23H,11H2,1-2H3,(H,24,27)(H,25,26). The van der Waals surface area contributed by atoms with Gasteiger partial charge in [-0.1, -0.05) is 12.1 Å². The van der Waals surface area contributed by atoms with Gasteiger partial charge in [0.1, 0.15) is 0 Å². The van der Waals surface area contributed by atoms with E-state index in [0.29, 0.717) is 11.3 Å². The van der Waals surface area contributed by atoms with E-state index < -0.39 is 17.6 Å². The Balaban J connectivity index is 1.96.